The molecule has 0 saturated heterocycles. The van der Waals surface area contributed by atoms with Gasteiger partial charge in [-0.05, 0) is 94.1 Å². The lowest BCUT2D eigenvalue weighted by Crippen LogP contribution is -2.12. The van der Waals surface area contributed by atoms with Crippen molar-refractivity contribution in [3.8, 4) is 49.8 Å². The van der Waals surface area contributed by atoms with Crippen molar-refractivity contribution < 1.29 is 5.11 Å². The highest BCUT2D eigenvalue weighted by Crippen LogP contribution is 2.43. The second kappa shape index (κ2) is 11.4. The summed E-state index contributed by atoms with van der Waals surface area (Å²) in [6, 6.07) is 31.6. The Hall–Kier alpha value is -4.87. The largest absolute Gasteiger partial charge is 0.507 e. The minimum atomic E-state index is -0.0570. The molecule has 3 aromatic heterocycles. The number of aryl methyl sites for hydroxylation is 1. The number of phenols is 1. The molecule has 0 saturated carbocycles. The zero-order valence-corrected chi connectivity index (χ0v) is 28.8. The fourth-order valence-electron chi connectivity index (χ4n) is 6.38. The normalized spacial score (nSPS) is 12.2. The molecule has 4 nitrogen and oxygen atoms in total. The highest BCUT2D eigenvalue weighted by Gasteiger charge is 2.22. The van der Waals surface area contributed by atoms with Crippen LogP contribution in [-0.2, 0) is 10.8 Å². The van der Waals surface area contributed by atoms with Crippen LogP contribution in [0.2, 0.25) is 0 Å². The third-order valence-electron chi connectivity index (χ3n) is 8.83. The average molecular weight is 634 g/mol. The molecule has 0 aliphatic heterocycles. The lowest BCUT2D eigenvalue weighted by atomic mass is 9.84. The van der Waals surface area contributed by atoms with Crippen LogP contribution in [0.4, 0.5) is 0 Å². The van der Waals surface area contributed by atoms with Gasteiger partial charge in [-0.1, -0.05) is 84.0 Å². The Balaban J connectivity index is 1.46. The Kier molecular flexibility index (Phi) is 7.48. The third kappa shape index (κ3) is 5.81. The molecule has 0 aliphatic carbocycles. The maximum atomic E-state index is 11.0. The first kappa shape index (κ1) is 30.8. The Labute approximate surface area is 280 Å². The van der Waals surface area contributed by atoms with E-state index in [-0.39, 0.29) is 16.6 Å². The summed E-state index contributed by atoms with van der Waals surface area (Å²) in [5, 5.41) is 13.0. The zero-order chi connectivity index (χ0) is 33.1. The molecule has 4 aromatic carbocycles. The second-order valence-electron chi connectivity index (χ2n) is 14.5. The molecule has 5 heteroatoms. The van der Waals surface area contributed by atoms with Gasteiger partial charge in [0.25, 0.3) is 0 Å². The van der Waals surface area contributed by atoms with Crippen molar-refractivity contribution in [3.63, 3.8) is 0 Å². The monoisotopic (exact) mass is 633 g/mol. The molecule has 7 aromatic rings. The Morgan fingerprint density at radius 2 is 1.40 bits per heavy atom. The van der Waals surface area contributed by atoms with E-state index in [0.717, 1.165) is 70.9 Å². The van der Waals surface area contributed by atoms with Crippen molar-refractivity contribution in [3.05, 3.63) is 120 Å². The fraction of sp³-hybridized carbons (Fsp3) is 0.214. The number of hydrogen-bond donors (Lipinski definition) is 1. The molecule has 0 radical (unpaired) electrons. The van der Waals surface area contributed by atoms with Crippen LogP contribution in [0.15, 0.2) is 103 Å². The van der Waals surface area contributed by atoms with Gasteiger partial charge in [0, 0.05) is 34.5 Å². The van der Waals surface area contributed by atoms with Gasteiger partial charge >= 0.3 is 0 Å². The summed E-state index contributed by atoms with van der Waals surface area (Å²) in [5.41, 5.74) is 12.5. The molecule has 0 unspecified atom stereocenters. The van der Waals surface area contributed by atoms with Crippen LogP contribution < -0.4 is 0 Å². The molecule has 0 amide bonds. The number of nitrogens with zero attached hydrogens (tertiary/aromatic N) is 3. The summed E-state index contributed by atoms with van der Waals surface area (Å²) in [6.45, 7) is 15.5. The molecule has 0 spiro atoms. The number of aromatic nitrogens is 3. The minimum Gasteiger partial charge on any atom is -0.507 e. The summed E-state index contributed by atoms with van der Waals surface area (Å²) in [4.78, 5) is 14.8. The van der Waals surface area contributed by atoms with Crippen LogP contribution in [0.25, 0.3) is 65.2 Å². The van der Waals surface area contributed by atoms with Gasteiger partial charge < -0.3 is 5.11 Å². The van der Waals surface area contributed by atoms with E-state index in [9.17, 15) is 5.11 Å². The van der Waals surface area contributed by atoms with Gasteiger partial charge in [0.05, 0.1) is 27.0 Å². The number of phenolic OH excluding ortho intramolecular Hbond substituents is 1. The fourth-order valence-corrected chi connectivity index (χ4v) is 7.43. The molecule has 0 aliphatic rings. The third-order valence-corrected chi connectivity index (χ3v) is 9.86. The van der Waals surface area contributed by atoms with Crippen LogP contribution >= 0.6 is 11.3 Å². The van der Waals surface area contributed by atoms with Gasteiger partial charge in [0.2, 0.25) is 0 Å². The van der Waals surface area contributed by atoms with Crippen molar-refractivity contribution >= 4 is 32.5 Å². The van der Waals surface area contributed by atoms with Crippen molar-refractivity contribution in [2.45, 2.75) is 59.3 Å². The number of benzene rings is 4. The van der Waals surface area contributed by atoms with E-state index in [1.165, 1.54) is 10.9 Å². The van der Waals surface area contributed by atoms with Crippen molar-refractivity contribution in [2.24, 2.45) is 0 Å². The molecule has 47 heavy (non-hydrogen) atoms. The van der Waals surface area contributed by atoms with E-state index in [4.69, 9.17) is 9.97 Å². The number of para-hydroxylation sites is 1. The molecule has 0 bridgehead atoms. The van der Waals surface area contributed by atoms with Crippen molar-refractivity contribution in [2.75, 3.05) is 0 Å². The molecular formula is C42H39N3OS. The van der Waals surface area contributed by atoms with Crippen molar-refractivity contribution in [1.82, 2.24) is 15.0 Å². The quantitative estimate of drug-likeness (QED) is 0.209. The summed E-state index contributed by atoms with van der Waals surface area (Å²) in [6.07, 6.45) is 3.77. The van der Waals surface area contributed by atoms with Crippen molar-refractivity contribution in [1.29, 1.82) is 0 Å². The zero-order valence-electron chi connectivity index (χ0n) is 28.0. The molecule has 0 atom stereocenters. The smallest absolute Gasteiger partial charge is 0.128 e. The van der Waals surface area contributed by atoms with Crippen LogP contribution in [0.3, 0.4) is 0 Å². The van der Waals surface area contributed by atoms with Gasteiger partial charge in [-0.25, -0.2) is 4.98 Å². The first-order valence-electron chi connectivity index (χ1n) is 16.1. The van der Waals surface area contributed by atoms with Gasteiger partial charge in [-0.15, -0.1) is 11.3 Å². The second-order valence-corrected chi connectivity index (χ2v) is 15.5. The number of hydrogen-bond acceptors (Lipinski definition) is 5. The van der Waals surface area contributed by atoms with E-state index in [1.807, 2.05) is 36.7 Å². The molecule has 0 fully saturated rings. The van der Waals surface area contributed by atoms with Gasteiger partial charge in [-0.2, -0.15) is 0 Å². The Morgan fingerprint density at radius 3 is 2.13 bits per heavy atom. The number of thiazole rings is 1. The number of fused-ring (bicyclic) bond motifs is 2. The van der Waals surface area contributed by atoms with Crippen LogP contribution in [-0.4, -0.2) is 20.1 Å². The minimum absolute atomic E-state index is 0.00173. The summed E-state index contributed by atoms with van der Waals surface area (Å²) < 4.78 is 1.04. The Bertz CT molecular complexity index is 2290. The van der Waals surface area contributed by atoms with Crippen LogP contribution in [0.1, 0.15) is 58.2 Å². The lowest BCUT2D eigenvalue weighted by molar-refractivity contribution is 0.476. The predicted octanol–water partition coefficient (Wildman–Crippen LogP) is 11.5. The highest BCUT2D eigenvalue weighted by atomic mass is 32.1. The summed E-state index contributed by atoms with van der Waals surface area (Å²) in [5.74, 6) is 0.236. The summed E-state index contributed by atoms with van der Waals surface area (Å²) in [7, 11) is 0. The number of rotatable bonds is 4. The van der Waals surface area contributed by atoms with E-state index >= 15 is 0 Å². The van der Waals surface area contributed by atoms with Gasteiger partial charge in [0.1, 0.15) is 10.8 Å². The van der Waals surface area contributed by atoms with E-state index in [0.29, 0.717) is 0 Å². The van der Waals surface area contributed by atoms with E-state index in [2.05, 4.69) is 114 Å². The van der Waals surface area contributed by atoms with Crippen LogP contribution in [0.5, 0.6) is 5.75 Å². The van der Waals surface area contributed by atoms with E-state index < -0.39 is 0 Å². The average Bonchev–Trinajstić information content (AvgIpc) is 3.47. The molecule has 7 rings (SSSR count). The number of aromatic hydroxyl groups is 1. The maximum absolute atomic E-state index is 11.0. The lowest BCUT2D eigenvalue weighted by Gasteiger charge is -2.21. The van der Waals surface area contributed by atoms with Gasteiger partial charge in [-0.3, -0.25) is 9.97 Å². The topological polar surface area (TPSA) is 58.9 Å². The first-order valence-corrected chi connectivity index (χ1v) is 16.9. The SMILES string of the molecule is Cc1cc(-c2cc(-c3ccccn3)cc3sc(-c4cc(C(C)(C)C)ccc4O)nc23)cc(-c2cccc3c(C(C)(C)C)ccnc23)c1. The number of pyridine rings is 2. The van der Waals surface area contributed by atoms with Crippen LogP contribution in [0, 0.1) is 6.92 Å². The Morgan fingerprint density at radius 1 is 0.617 bits per heavy atom. The molecule has 3 heterocycles. The highest BCUT2D eigenvalue weighted by molar-refractivity contribution is 7.21. The predicted molar refractivity (Wildman–Crippen MR) is 198 cm³/mol. The first-order chi connectivity index (χ1) is 22.4. The molecule has 234 valence electrons. The standard InChI is InChI=1S/C42H39N3OS/c1-25-19-26(30-11-10-12-31-34(42(5,6)7)16-18-44-38(30)31)21-27(20-25)32-22-28(35-13-8-9-17-43-35)23-37-39(32)45-40(47-37)33-24-29(41(2,3)4)14-15-36(33)46/h8-24,46H,1-7H3. The molecule has 1 N–H and O–H groups in total. The van der Waals surface area contributed by atoms with Gasteiger partial charge in [0.15, 0.2) is 0 Å². The summed E-state index contributed by atoms with van der Waals surface area (Å²) >= 11 is 1.60. The maximum Gasteiger partial charge on any atom is 0.128 e. The van der Waals surface area contributed by atoms with E-state index in [1.54, 1.807) is 17.4 Å². The molecular weight excluding hydrogens is 595 g/mol.